The summed E-state index contributed by atoms with van der Waals surface area (Å²) in [6, 6.07) is 5.76. The molecule has 0 amide bonds. The number of benzene rings is 1. The minimum absolute atomic E-state index is 0.410. The van der Waals surface area contributed by atoms with Gasteiger partial charge in [-0.2, -0.15) is 0 Å². The summed E-state index contributed by atoms with van der Waals surface area (Å²) in [5, 5.41) is 9.85. The van der Waals surface area contributed by atoms with Crippen molar-refractivity contribution >= 4 is 0 Å². The van der Waals surface area contributed by atoms with Crippen LogP contribution in [-0.4, -0.2) is 12.2 Å². The fourth-order valence-corrected chi connectivity index (χ4v) is 1.55. The lowest BCUT2D eigenvalue weighted by molar-refractivity contribution is 0.168. The molecule has 2 nitrogen and oxygen atoms in total. The highest BCUT2D eigenvalue weighted by molar-refractivity contribution is 5.36. The Balaban J connectivity index is 2.77. The van der Waals surface area contributed by atoms with Gasteiger partial charge in [-0.25, -0.2) is 0 Å². The van der Waals surface area contributed by atoms with Crippen LogP contribution in [0, 0.1) is 6.92 Å². The quantitative estimate of drug-likeness (QED) is 0.750. The van der Waals surface area contributed by atoms with Crippen molar-refractivity contribution in [2.45, 2.75) is 25.9 Å². The number of rotatable bonds is 5. The molecule has 82 valence electrons. The fourth-order valence-electron chi connectivity index (χ4n) is 1.55. The van der Waals surface area contributed by atoms with E-state index in [9.17, 15) is 5.11 Å². The average molecular weight is 206 g/mol. The molecule has 0 bridgehead atoms. The first-order valence-electron chi connectivity index (χ1n) is 5.12. The Labute approximate surface area is 91.2 Å². The number of ether oxygens (including phenoxy) is 1. The summed E-state index contributed by atoms with van der Waals surface area (Å²) in [6.45, 7) is 5.61. The Morgan fingerprint density at radius 2 is 2.27 bits per heavy atom. The predicted octanol–water partition coefficient (Wildman–Crippen LogP) is 3.00. The molecule has 0 saturated heterocycles. The van der Waals surface area contributed by atoms with Gasteiger partial charge >= 0.3 is 0 Å². The summed E-state index contributed by atoms with van der Waals surface area (Å²) >= 11 is 0. The first-order chi connectivity index (χ1) is 7.19. The summed E-state index contributed by atoms with van der Waals surface area (Å²) in [7, 11) is 1.65. The topological polar surface area (TPSA) is 29.5 Å². The molecule has 0 aliphatic heterocycles. The molecule has 1 N–H and O–H groups in total. The number of aryl methyl sites for hydroxylation is 1. The second-order valence-corrected chi connectivity index (χ2v) is 3.61. The molecule has 0 aliphatic rings. The Morgan fingerprint density at radius 1 is 1.53 bits per heavy atom. The average Bonchev–Trinajstić information content (AvgIpc) is 2.25. The van der Waals surface area contributed by atoms with Crippen LogP contribution in [0.2, 0.25) is 0 Å². The Hall–Kier alpha value is -1.28. The SMILES string of the molecule is C=CCCC(O)c1ccc(OC)c(C)c1. The predicted molar refractivity (Wildman–Crippen MR) is 62.1 cm³/mol. The normalized spacial score (nSPS) is 12.2. The first-order valence-corrected chi connectivity index (χ1v) is 5.12. The van der Waals surface area contributed by atoms with Gasteiger partial charge in [0, 0.05) is 0 Å². The highest BCUT2D eigenvalue weighted by Crippen LogP contribution is 2.24. The van der Waals surface area contributed by atoms with Crippen LogP contribution in [0.5, 0.6) is 5.75 Å². The van der Waals surface area contributed by atoms with Gasteiger partial charge < -0.3 is 9.84 Å². The second kappa shape index (κ2) is 5.56. The third-order valence-electron chi connectivity index (χ3n) is 2.45. The van der Waals surface area contributed by atoms with Crippen LogP contribution in [-0.2, 0) is 0 Å². The third-order valence-corrected chi connectivity index (χ3v) is 2.45. The van der Waals surface area contributed by atoms with Gasteiger partial charge in [-0.15, -0.1) is 6.58 Å². The number of hydrogen-bond acceptors (Lipinski definition) is 2. The molecular weight excluding hydrogens is 188 g/mol. The van der Waals surface area contributed by atoms with Crippen LogP contribution in [0.15, 0.2) is 30.9 Å². The van der Waals surface area contributed by atoms with E-state index in [1.807, 2.05) is 31.2 Å². The lowest BCUT2D eigenvalue weighted by Gasteiger charge is -2.12. The van der Waals surface area contributed by atoms with Gasteiger partial charge in [0.05, 0.1) is 13.2 Å². The molecule has 15 heavy (non-hydrogen) atoms. The molecule has 0 spiro atoms. The molecule has 1 rings (SSSR count). The highest BCUT2D eigenvalue weighted by Gasteiger charge is 2.08. The lowest BCUT2D eigenvalue weighted by atomic mass is 10.0. The molecule has 1 unspecified atom stereocenters. The molecule has 0 saturated carbocycles. The van der Waals surface area contributed by atoms with E-state index in [4.69, 9.17) is 4.74 Å². The molecule has 0 aliphatic carbocycles. The molecule has 0 heterocycles. The zero-order valence-corrected chi connectivity index (χ0v) is 9.36. The van der Waals surface area contributed by atoms with Gasteiger partial charge in [0.25, 0.3) is 0 Å². The number of aliphatic hydroxyl groups excluding tert-OH is 1. The monoisotopic (exact) mass is 206 g/mol. The minimum Gasteiger partial charge on any atom is -0.496 e. The summed E-state index contributed by atoms with van der Waals surface area (Å²) in [5.41, 5.74) is 1.99. The van der Waals surface area contributed by atoms with Crippen molar-refractivity contribution in [2.75, 3.05) is 7.11 Å². The molecule has 0 fully saturated rings. The van der Waals surface area contributed by atoms with Crippen molar-refractivity contribution in [1.82, 2.24) is 0 Å². The van der Waals surface area contributed by atoms with Crippen molar-refractivity contribution in [3.63, 3.8) is 0 Å². The van der Waals surface area contributed by atoms with Gasteiger partial charge in [0.1, 0.15) is 5.75 Å². The first kappa shape index (κ1) is 11.8. The maximum absolute atomic E-state index is 9.85. The van der Waals surface area contributed by atoms with Crippen LogP contribution in [0.4, 0.5) is 0 Å². The van der Waals surface area contributed by atoms with E-state index < -0.39 is 6.10 Å². The second-order valence-electron chi connectivity index (χ2n) is 3.61. The van der Waals surface area contributed by atoms with Crippen LogP contribution in [0.25, 0.3) is 0 Å². The van der Waals surface area contributed by atoms with E-state index in [-0.39, 0.29) is 0 Å². The smallest absolute Gasteiger partial charge is 0.121 e. The molecule has 1 atom stereocenters. The number of allylic oxidation sites excluding steroid dienone is 1. The Morgan fingerprint density at radius 3 is 2.80 bits per heavy atom. The molecule has 0 radical (unpaired) electrons. The van der Waals surface area contributed by atoms with E-state index in [0.717, 1.165) is 29.7 Å². The van der Waals surface area contributed by atoms with Crippen molar-refractivity contribution < 1.29 is 9.84 Å². The standard InChI is InChI=1S/C13H18O2/c1-4-5-6-12(14)11-7-8-13(15-3)10(2)9-11/h4,7-9,12,14H,1,5-6H2,2-3H3. The Kier molecular flexibility index (Phi) is 4.37. The van der Waals surface area contributed by atoms with Gasteiger partial charge in [0.2, 0.25) is 0 Å². The summed E-state index contributed by atoms with van der Waals surface area (Å²) in [6.07, 6.45) is 2.95. The van der Waals surface area contributed by atoms with Crippen LogP contribution >= 0.6 is 0 Å². The van der Waals surface area contributed by atoms with Gasteiger partial charge in [0.15, 0.2) is 0 Å². The van der Waals surface area contributed by atoms with Crippen LogP contribution in [0.1, 0.15) is 30.1 Å². The zero-order valence-electron chi connectivity index (χ0n) is 9.36. The lowest BCUT2D eigenvalue weighted by Crippen LogP contribution is -1.98. The van der Waals surface area contributed by atoms with Crippen molar-refractivity contribution in [3.05, 3.63) is 42.0 Å². The maximum atomic E-state index is 9.85. The third kappa shape index (κ3) is 3.10. The summed E-state index contributed by atoms with van der Waals surface area (Å²) in [5.74, 6) is 0.856. The molecule has 0 aromatic heterocycles. The maximum Gasteiger partial charge on any atom is 0.121 e. The summed E-state index contributed by atoms with van der Waals surface area (Å²) < 4.78 is 5.16. The van der Waals surface area contributed by atoms with E-state index in [0.29, 0.717) is 0 Å². The van der Waals surface area contributed by atoms with Crippen LogP contribution in [0.3, 0.4) is 0 Å². The van der Waals surface area contributed by atoms with E-state index in [1.54, 1.807) is 7.11 Å². The number of aliphatic hydroxyl groups is 1. The van der Waals surface area contributed by atoms with Crippen molar-refractivity contribution in [3.8, 4) is 5.75 Å². The minimum atomic E-state index is -0.410. The Bertz CT molecular complexity index is 331. The molecule has 1 aromatic carbocycles. The molecular formula is C13H18O2. The van der Waals surface area contributed by atoms with Gasteiger partial charge in [-0.3, -0.25) is 0 Å². The van der Waals surface area contributed by atoms with E-state index in [2.05, 4.69) is 6.58 Å². The van der Waals surface area contributed by atoms with Gasteiger partial charge in [-0.05, 0) is 43.0 Å². The fraction of sp³-hybridized carbons (Fsp3) is 0.385. The van der Waals surface area contributed by atoms with Crippen molar-refractivity contribution in [2.24, 2.45) is 0 Å². The highest BCUT2D eigenvalue weighted by atomic mass is 16.5. The summed E-state index contributed by atoms with van der Waals surface area (Å²) in [4.78, 5) is 0. The van der Waals surface area contributed by atoms with Crippen LogP contribution < -0.4 is 4.74 Å². The van der Waals surface area contributed by atoms with E-state index >= 15 is 0 Å². The van der Waals surface area contributed by atoms with E-state index in [1.165, 1.54) is 0 Å². The largest absolute Gasteiger partial charge is 0.496 e. The number of hydrogen-bond donors (Lipinski definition) is 1. The van der Waals surface area contributed by atoms with Gasteiger partial charge in [-0.1, -0.05) is 12.1 Å². The van der Waals surface area contributed by atoms with Crippen molar-refractivity contribution in [1.29, 1.82) is 0 Å². The molecule has 2 heteroatoms. The number of methoxy groups -OCH3 is 1. The molecule has 1 aromatic rings. The zero-order chi connectivity index (χ0) is 11.3.